The van der Waals surface area contributed by atoms with E-state index in [-0.39, 0.29) is 0 Å². The van der Waals surface area contributed by atoms with Crippen molar-refractivity contribution in [3.05, 3.63) is 11.9 Å². The van der Waals surface area contributed by atoms with Gasteiger partial charge in [-0.2, -0.15) is 0 Å². The van der Waals surface area contributed by atoms with Crippen LogP contribution < -0.4 is 10.2 Å². The molecule has 0 amide bonds. The van der Waals surface area contributed by atoms with Crippen molar-refractivity contribution in [2.45, 2.75) is 63.8 Å². The summed E-state index contributed by atoms with van der Waals surface area (Å²) < 4.78 is 0. The zero-order chi connectivity index (χ0) is 13.9. The molecule has 3 rings (SSSR count). The molecule has 0 saturated heterocycles. The van der Waals surface area contributed by atoms with Gasteiger partial charge in [0.15, 0.2) is 0 Å². The first-order chi connectivity index (χ1) is 9.78. The number of rotatable bonds is 6. The molecule has 0 unspecified atom stereocenters. The van der Waals surface area contributed by atoms with Crippen LogP contribution in [-0.4, -0.2) is 29.6 Å². The maximum absolute atomic E-state index is 4.82. The molecule has 110 valence electrons. The van der Waals surface area contributed by atoms with E-state index in [2.05, 4.69) is 30.3 Å². The fraction of sp³-hybridized carbons (Fsp3) is 0.750. The van der Waals surface area contributed by atoms with Gasteiger partial charge in [0.05, 0.1) is 0 Å². The summed E-state index contributed by atoms with van der Waals surface area (Å²) >= 11 is 0. The largest absolute Gasteiger partial charge is 0.370 e. The van der Waals surface area contributed by atoms with E-state index in [1.54, 1.807) is 0 Å². The predicted octanol–water partition coefficient (Wildman–Crippen LogP) is 3.55. The fourth-order valence-corrected chi connectivity index (χ4v) is 2.98. The van der Waals surface area contributed by atoms with E-state index < -0.39 is 0 Å². The number of nitrogens with zero attached hydrogens (tertiary/aromatic N) is 3. The molecule has 0 spiro atoms. The molecule has 1 heterocycles. The quantitative estimate of drug-likeness (QED) is 0.861. The lowest BCUT2D eigenvalue weighted by atomic mass is 10.2. The molecule has 0 atom stereocenters. The van der Waals surface area contributed by atoms with E-state index in [1.807, 2.05) is 0 Å². The Kier molecular flexibility index (Phi) is 4.08. The molecule has 4 nitrogen and oxygen atoms in total. The minimum absolute atomic E-state index is 0.606. The smallest absolute Gasteiger partial charge is 0.136 e. The Morgan fingerprint density at radius 1 is 1.20 bits per heavy atom. The van der Waals surface area contributed by atoms with Crippen molar-refractivity contribution < 1.29 is 0 Å². The van der Waals surface area contributed by atoms with Gasteiger partial charge in [-0.05, 0) is 32.1 Å². The third-order valence-corrected chi connectivity index (χ3v) is 4.46. The number of hydrogen-bond acceptors (Lipinski definition) is 4. The second kappa shape index (κ2) is 5.98. The van der Waals surface area contributed by atoms with Crippen LogP contribution in [0.2, 0.25) is 0 Å². The van der Waals surface area contributed by atoms with Crippen LogP contribution in [0, 0.1) is 0 Å². The zero-order valence-electron chi connectivity index (χ0n) is 12.7. The Hall–Kier alpha value is -1.32. The van der Waals surface area contributed by atoms with Crippen molar-refractivity contribution in [1.82, 2.24) is 9.97 Å². The van der Waals surface area contributed by atoms with E-state index in [1.165, 1.54) is 38.5 Å². The Labute approximate surface area is 122 Å². The highest BCUT2D eigenvalue weighted by Crippen LogP contribution is 2.39. The average molecular weight is 274 g/mol. The number of aromatic nitrogens is 2. The SMILES string of the molecule is CCCNc1cc(N(C)C2CCCC2)nc(C2CC2)n1. The molecule has 0 bridgehead atoms. The molecule has 0 aromatic carbocycles. The minimum atomic E-state index is 0.606. The number of nitrogens with one attached hydrogen (secondary N) is 1. The lowest BCUT2D eigenvalue weighted by Crippen LogP contribution is -2.30. The molecule has 1 aromatic rings. The van der Waals surface area contributed by atoms with Crippen LogP contribution in [0.25, 0.3) is 0 Å². The van der Waals surface area contributed by atoms with Gasteiger partial charge >= 0.3 is 0 Å². The predicted molar refractivity (Wildman–Crippen MR) is 83.4 cm³/mol. The van der Waals surface area contributed by atoms with E-state index in [9.17, 15) is 0 Å². The normalized spacial score (nSPS) is 19.3. The van der Waals surface area contributed by atoms with Crippen LogP contribution in [0.15, 0.2) is 6.07 Å². The van der Waals surface area contributed by atoms with Crippen molar-refractivity contribution in [3.8, 4) is 0 Å². The molecule has 1 N–H and O–H groups in total. The van der Waals surface area contributed by atoms with Gasteiger partial charge in [-0.15, -0.1) is 0 Å². The summed E-state index contributed by atoms with van der Waals surface area (Å²) in [5.74, 6) is 3.76. The standard InChI is InChI=1S/C16H26N4/c1-3-10-17-14-11-15(19-16(18-14)12-8-9-12)20(2)13-6-4-5-7-13/h11-13H,3-10H2,1-2H3,(H,17,18,19). The van der Waals surface area contributed by atoms with E-state index >= 15 is 0 Å². The summed E-state index contributed by atoms with van der Waals surface area (Å²) in [6.45, 7) is 3.16. The molecule has 4 heteroatoms. The van der Waals surface area contributed by atoms with Crippen molar-refractivity contribution >= 4 is 11.6 Å². The molecule has 2 aliphatic rings. The molecule has 2 saturated carbocycles. The highest BCUT2D eigenvalue weighted by atomic mass is 15.2. The highest BCUT2D eigenvalue weighted by Gasteiger charge is 2.28. The van der Waals surface area contributed by atoms with Crippen LogP contribution >= 0.6 is 0 Å². The Bertz CT molecular complexity index is 450. The van der Waals surface area contributed by atoms with E-state index in [0.717, 1.165) is 30.4 Å². The van der Waals surface area contributed by atoms with Crippen LogP contribution in [-0.2, 0) is 0 Å². The van der Waals surface area contributed by atoms with Crippen LogP contribution in [0.4, 0.5) is 11.6 Å². The Morgan fingerprint density at radius 3 is 2.60 bits per heavy atom. The van der Waals surface area contributed by atoms with E-state index in [0.29, 0.717) is 12.0 Å². The van der Waals surface area contributed by atoms with Gasteiger partial charge in [0.25, 0.3) is 0 Å². The van der Waals surface area contributed by atoms with Gasteiger partial charge in [-0.25, -0.2) is 9.97 Å². The first kappa shape index (κ1) is 13.7. The van der Waals surface area contributed by atoms with Crippen molar-refractivity contribution in [2.24, 2.45) is 0 Å². The third-order valence-electron chi connectivity index (χ3n) is 4.46. The second-order valence-corrected chi connectivity index (χ2v) is 6.22. The van der Waals surface area contributed by atoms with Crippen LogP contribution in [0.1, 0.15) is 63.6 Å². The lowest BCUT2D eigenvalue weighted by molar-refractivity contribution is 0.643. The first-order valence-corrected chi connectivity index (χ1v) is 8.13. The third kappa shape index (κ3) is 3.05. The molecule has 1 aromatic heterocycles. The van der Waals surface area contributed by atoms with Crippen LogP contribution in [0.5, 0.6) is 0 Å². The lowest BCUT2D eigenvalue weighted by Gasteiger charge is -2.26. The molecule has 20 heavy (non-hydrogen) atoms. The maximum Gasteiger partial charge on any atom is 0.136 e. The maximum atomic E-state index is 4.82. The first-order valence-electron chi connectivity index (χ1n) is 8.13. The summed E-state index contributed by atoms with van der Waals surface area (Å²) in [6, 6.07) is 2.79. The molecular formula is C16H26N4. The topological polar surface area (TPSA) is 41.0 Å². The average Bonchev–Trinajstić information content (AvgIpc) is 3.19. The zero-order valence-corrected chi connectivity index (χ0v) is 12.7. The van der Waals surface area contributed by atoms with Gasteiger partial charge in [0.1, 0.15) is 17.5 Å². The molecule has 2 fully saturated rings. The van der Waals surface area contributed by atoms with Crippen molar-refractivity contribution in [3.63, 3.8) is 0 Å². The summed E-state index contributed by atoms with van der Waals surface area (Å²) in [5.41, 5.74) is 0. The number of hydrogen-bond donors (Lipinski definition) is 1. The van der Waals surface area contributed by atoms with Crippen molar-refractivity contribution in [2.75, 3.05) is 23.8 Å². The molecule has 2 aliphatic carbocycles. The summed E-state index contributed by atoms with van der Waals surface area (Å²) in [7, 11) is 2.19. The van der Waals surface area contributed by atoms with Gasteiger partial charge in [0.2, 0.25) is 0 Å². The summed E-state index contributed by atoms with van der Waals surface area (Å²) in [6.07, 6.45) is 8.95. The molecule has 0 aliphatic heterocycles. The number of anilines is 2. The monoisotopic (exact) mass is 274 g/mol. The van der Waals surface area contributed by atoms with Crippen molar-refractivity contribution in [1.29, 1.82) is 0 Å². The molecule has 0 radical (unpaired) electrons. The van der Waals surface area contributed by atoms with Gasteiger partial charge in [0, 0.05) is 31.6 Å². The molecular weight excluding hydrogens is 248 g/mol. The summed E-state index contributed by atoms with van der Waals surface area (Å²) in [4.78, 5) is 11.9. The van der Waals surface area contributed by atoms with E-state index in [4.69, 9.17) is 9.97 Å². The highest BCUT2D eigenvalue weighted by molar-refractivity contribution is 5.50. The van der Waals surface area contributed by atoms with Gasteiger partial charge < -0.3 is 10.2 Å². The second-order valence-electron chi connectivity index (χ2n) is 6.22. The van der Waals surface area contributed by atoms with Crippen LogP contribution in [0.3, 0.4) is 0 Å². The summed E-state index contributed by atoms with van der Waals surface area (Å²) in [5, 5.41) is 3.43. The van der Waals surface area contributed by atoms with Gasteiger partial charge in [-0.3, -0.25) is 0 Å². The Balaban J connectivity index is 1.81. The fourth-order valence-electron chi connectivity index (χ4n) is 2.98. The minimum Gasteiger partial charge on any atom is -0.370 e. The Morgan fingerprint density at radius 2 is 1.95 bits per heavy atom. The van der Waals surface area contributed by atoms with Gasteiger partial charge in [-0.1, -0.05) is 19.8 Å².